The summed E-state index contributed by atoms with van der Waals surface area (Å²) in [5, 5.41) is 22.7. The van der Waals surface area contributed by atoms with Gasteiger partial charge >= 0.3 is 0 Å². The molecular weight excluding hydrogens is 451 g/mol. The highest BCUT2D eigenvalue weighted by molar-refractivity contribution is 5.90. The molecule has 1 aliphatic carbocycles. The number of hydrogen-bond donors (Lipinski definition) is 2. The highest BCUT2D eigenvalue weighted by Crippen LogP contribution is 2.41. The van der Waals surface area contributed by atoms with E-state index < -0.39 is 11.5 Å². The number of rotatable bonds is 9. The number of aryl methyl sites for hydroxylation is 3. The molecule has 35 heavy (non-hydrogen) atoms. The molecule has 0 amide bonds. The Morgan fingerprint density at radius 1 is 1.17 bits per heavy atom. The molecule has 2 N–H and O–H groups in total. The second kappa shape index (κ2) is 10.7. The molecule has 2 aromatic carbocycles. The van der Waals surface area contributed by atoms with Gasteiger partial charge in [-0.1, -0.05) is 23.7 Å². The van der Waals surface area contributed by atoms with E-state index in [0.29, 0.717) is 36.7 Å². The number of halogens is 1. The molecule has 4 rings (SSSR count). The summed E-state index contributed by atoms with van der Waals surface area (Å²) in [6.07, 6.45) is 3.09. The quantitative estimate of drug-likeness (QED) is 0.470. The lowest BCUT2D eigenvalue weighted by atomic mass is 9.66. The molecule has 0 saturated heterocycles. The van der Waals surface area contributed by atoms with Crippen molar-refractivity contribution in [3.63, 3.8) is 0 Å². The minimum absolute atomic E-state index is 0.00158. The van der Waals surface area contributed by atoms with Gasteiger partial charge in [-0.15, -0.1) is 0 Å². The van der Waals surface area contributed by atoms with Crippen LogP contribution in [-0.2, 0) is 16.6 Å². The molecule has 1 heterocycles. The molecule has 1 saturated carbocycles. The van der Waals surface area contributed by atoms with E-state index in [-0.39, 0.29) is 24.8 Å². The van der Waals surface area contributed by atoms with Crippen LogP contribution in [0.4, 0.5) is 4.39 Å². The zero-order chi connectivity index (χ0) is 25.0. The summed E-state index contributed by atoms with van der Waals surface area (Å²) in [5.41, 5.74) is 2.65. The third-order valence-corrected chi connectivity index (χ3v) is 6.77. The average molecular weight is 483 g/mol. The van der Waals surface area contributed by atoms with Gasteiger partial charge in [0.05, 0.1) is 12.0 Å². The summed E-state index contributed by atoms with van der Waals surface area (Å²) in [6.45, 7) is 3.41. The topological polar surface area (TPSA) is 106 Å². The lowest BCUT2D eigenvalue weighted by molar-refractivity contribution is -0.126. The summed E-state index contributed by atoms with van der Waals surface area (Å²) in [7, 11) is 0. The molecule has 0 aliphatic heterocycles. The maximum atomic E-state index is 13.5. The Labute approximate surface area is 203 Å². The van der Waals surface area contributed by atoms with E-state index in [0.717, 1.165) is 41.5 Å². The number of aromatic nitrogens is 2. The molecule has 1 aliphatic rings. The Morgan fingerprint density at radius 3 is 2.54 bits per heavy atom. The molecule has 2 atom stereocenters. The Kier molecular flexibility index (Phi) is 7.62. The van der Waals surface area contributed by atoms with E-state index in [1.54, 1.807) is 12.1 Å². The van der Waals surface area contributed by atoms with Crippen LogP contribution in [0.25, 0.3) is 11.4 Å². The number of ketones is 1. The van der Waals surface area contributed by atoms with E-state index in [1.807, 2.05) is 26.0 Å². The van der Waals surface area contributed by atoms with Crippen molar-refractivity contribution in [2.24, 2.45) is 0 Å². The highest BCUT2D eigenvalue weighted by Gasteiger charge is 2.41. The van der Waals surface area contributed by atoms with Crippen LogP contribution in [-0.4, -0.2) is 45.5 Å². The van der Waals surface area contributed by atoms with Crippen molar-refractivity contribution in [3.8, 4) is 17.1 Å². The molecule has 2 unspecified atom stereocenters. The van der Waals surface area contributed by atoms with Gasteiger partial charge in [-0.05, 0) is 74.1 Å². The summed E-state index contributed by atoms with van der Waals surface area (Å²) >= 11 is 0. The van der Waals surface area contributed by atoms with Crippen molar-refractivity contribution in [1.82, 2.24) is 10.1 Å². The van der Waals surface area contributed by atoms with Gasteiger partial charge < -0.3 is 19.5 Å². The van der Waals surface area contributed by atoms with Crippen LogP contribution in [0.3, 0.4) is 0 Å². The summed E-state index contributed by atoms with van der Waals surface area (Å²) in [5.74, 6) is 1.39. The third kappa shape index (κ3) is 5.44. The van der Waals surface area contributed by atoms with Crippen LogP contribution < -0.4 is 4.74 Å². The fourth-order valence-corrected chi connectivity index (χ4v) is 4.91. The van der Waals surface area contributed by atoms with Crippen molar-refractivity contribution in [3.05, 3.63) is 64.8 Å². The zero-order valence-corrected chi connectivity index (χ0v) is 20.1. The zero-order valence-electron chi connectivity index (χ0n) is 20.1. The largest absolute Gasteiger partial charge is 0.490 e. The lowest BCUT2D eigenvalue weighted by Crippen LogP contribution is -2.39. The molecule has 186 valence electrons. The molecule has 0 bridgehead atoms. The summed E-state index contributed by atoms with van der Waals surface area (Å²) in [6, 6.07) is 10.0. The normalized spacial score (nSPS) is 19.1. The first-order chi connectivity index (χ1) is 16.8. The first kappa shape index (κ1) is 25.0. The highest BCUT2D eigenvalue weighted by atomic mass is 19.1. The van der Waals surface area contributed by atoms with Crippen molar-refractivity contribution in [2.75, 3.05) is 13.2 Å². The Morgan fingerprint density at radius 2 is 1.89 bits per heavy atom. The molecule has 0 spiro atoms. The molecule has 0 radical (unpaired) electrons. The van der Waals surface area contributed by atoms with Crippen LogP contribution in [0.1, 0.15) is 54.7 Å². The van der Waals surface area contributed by atoms with E-state index >= 15 is 0 Å². The number of carbonyl (C=O) groups excluding carboxylic acids is 1. The number of nitrogens with zero attached hydrogens (tertiary/aromatic N) is 2. The van der Waals surface area contributed by atoms with E-state index in [9.17, 15) is 14.3 Å². The van der Waals surface area contributed by atoms with Crippen LogP contribution in [0, 0.1) is 19.7 Å². The molecule has 7 nitrogen and oxygen atoms in total. The van der Waals surface area contributed by atoms with Crippen molar-refractivity contribution in [2.45, 2.75) is 63.9 Å². The van der Waals surface area contributed by atoms with Gasteiger partial charge in [0.15, 0.2) is 0 Å². The van der Waals surface area contributed by atoms with Gasteiger partial charge in [-0.3, -0.25) is 4.79 Å². The van der Waals surface area contributed by atoms with Crippen LogP contribution in [0.15, 0.2) is 40.9 Å². The fraction of sp³-hybridized carbons (Fsp3) is 0.444. The van der Waals surface area contributed by atoms with Crippen LogP contribution in [0.5, 0.6) is 5.75 Å². The number of aliphatic hydroxyl groups excluding tert-OH is 2. The molecule has 1 fully saturated rings. The summed E-state index contributed by atoms with van der Waals surface area (Å²) in [4.78, 5) is 17.6. The number of ether oxygens (including phenoxy) is 1. The monoisotopic (exact) mass is 482 g/mol. The van der Waals surface area contributed by atoms with E-state index in [1.165, 1.54) is 12.1 Å². The van der Waals surface area contributed by atoms with Gasteiger partial charge in [0, 0.05) is 18.4 Å². The SMILES string of the molecule is Cc1cc(-c2noc(CCC3(c4ccc(F)cc4)CCCCC3=O)n2)cc(C)c1OCC(O)CO. The van der Waals surface area contributed by atoms with E-state index in [4.69, 9.17) is 14.4 Å². The average Bonchev–Trinajstić information content (AvgIpc) is 3.32. The lowest BCUT2D eigenvalue weighted by Gasteiger charge is -2.36. The standard InChI is InChI=1S/C27H31FN2O5/c1-17-13-19(14-18(2)25(17)34-16-22(32)15-31)26-29-24(35-30-26)10-12-27(11-4-3-5-23(27)33)20-6-8-21(28)9-7-20/h6-9,13-14,22,31-32H,3-5,10-12,15-16H2,1-2H3. The second-order valence-electron chi connectivity index (χ2n) is 9.32. The molecule has 1 aromatic heterocycles. The Balaban J connectivity index is 1.51. The Hall–Kier alpha value is -3.10. The smallest absolute Gasteiger partial charge is 0.227 e. The van der Waals surface area contributed by atoms with Crippen LogP contribution in [0.2, 0.25) is 0 Å². The first-order valence-corrected chi connectivity index (χ1v) is 12.0. The van der Waals surface area contributed by atoms with Gasteiger partial charge in [0.1, 0.15) is 30.1 Å². The number of Topliss-reactive ketones (excluding diaryl/α,β-unsaturated/α-hetero) is 1. The maximum Gasteiger partial charge on any atom is 0.227 e. The van der Waals surface area contributed by atoms with E-state index in [2.05, 4.69) is 10.1 Å². The number of hydrogen-bond acceptors (Lipinski definition) is 7. The second-order valence-corrected chi connectivity index (χ2v) is 9.32. The van der Waals surface area contributed by atoms with Crippen molar-refractivity contribution in [1.29, 1.82) is 0 Å². The summed E-state index contributed by atoms with van der Waals surface area (Å²) < 4.78 is 24.7. The Bertz CT molecular complexity index is 1150. The molecule has 3 aromatic rings. The number of carbonyl (C=O) groups is 1. The fourth-order valence-electron chi connectivity index (χ4n) is 4.91. The number of benzene rings is 2. The van der Waals surface area contributed by atoms with Gasteiger partial charge in [0.25, 0.3) is 0 Å². The van der Waals surface area contributed by atoms with Crippen molar-refractivity contribution < 1.29 is 28.7 Å². The maximum absolute atomic E-state index is 13.5. The predicted molar refractivity (Wildman–Crippen MR) is 128 cm³/mol. The third-order valence-electron chi connectivity index (χ3n) is 6.77. The minimum Gasteiger partial charge on any atom is -0.490 e. The minimum atomic E-state index is -0.942. The van der Waals surface area contributed by atoms with Gasteiger partial charge in [0.2, 0.25) is 11.7 Å². The molecule has 8 heteroatoms. The van der Waals surface area contributed by atoms with Crippen molar-refractivity contribution >= 4 is 5.78 Å². The number of aliphatic hydroxyl groups is 2. The van der Waals surface area contributed by atoms with Crippen LogP contribution >= 0.6 is 0 Å². The first-order valence-electron chi connectivity index (χ1n) is 12.0. The van der Waals surface area contributed by atoms with Gasteiger partial charge in [-0.2, -0.15) is 4.98 Å². The molecular formula is C27H31FN2O5. The van der Waals surface area contributed by atoms with Gasteiger partial charge in [-0.25, -0.2) is 4.39 Å². The predicted octanol–water partition coefficient (Wildman–Crippen LogP) is 4.24.